The smallest absolute Gasteiger partial charge is 0.244 e. The molecule has 0 saturated carbocycles. The normalized spacial score (nSPS) is 17.6. The number of nitrogens with one attached hydrogen (secondary N) is 1. The molecule has 1 saturated heterocycles. The lowest BCUT2D eigenvalue weighted by Crippen LogP contribution is -2.54. The van der Waals surface area contributed by atoms with Crippen LogP contribution >= 0.6 is 15.9 Å². The van der Waals surface area contributed by atoms with E-state index < -0.39 is 5.54 Å². The molecule has 0 aromatic heterocycles. The number of amides is 1. The second kappa shape index (κ2) is 6.77. The standard InChI is InChI=1S/C15H21BrN2O3/c1-10(2)21-13-8-11(16)7-12(9-13)18-14(19)15(17)3-5-20-6-4-15/h7-10H,3-6,17H2,1-2H3,(H,18,19). The van der Waals surface area contributed by atoms with Crippen LogP contribution in [0.5, 0.6) is 5.75 Å². The molecule has 1 aromatic carbocycles. The number of benzene rings is 1. The number of hydrogen-bond donors (Lipinski definition) is 2. The number of carbonyl (C=O) groups is 1. The van der Waals surface area contributed by atoms with Crippen LogP contribution in [0.25, 0.3) is 0 Å². The van der Waals surface area contributed by atoms with Gasteiger partial charge in [0.1, 0.15) is 11.3 Å². The summed E-state index contributed by atoms with van der Waals surface area (Å²) in [6, 6.07) is 5.49. The highest BCUT2D eigenvalue weighted by Crippen LogP contribution is 2.27. The van der Waals surface area contributed by atoms with E-state index in [1.807, 2.05) is 26.0 Å². The quantitative estimate of drug-likeness (QED) is 0.869. The van der Waals surface area contributed by atoms with Gasteiger partial charge in [0.25, 0.3) is 0 Å². The number of nitrogens with two attached hydrogens (primary N) is 1. The summed E-state index contributed by atoms with van der Waals surface area (Å²) in [7, 11) is 0. The first-order valence-electron chi connectivity index (χ1n) is 7.04. The Morgan fingerprint density at radius 2 is 2.05 bits per heavy atom. The van der Waals surface area contributed by atoms with E-state index in [0.29, 0.717) is 37.5 Å². The van der Waals surface area contributed by atoms with Gasteiger partial charge in [0.2, 0.25) is 5.91 Å². The maximum atomic E-state index is 12.4. The molecule has 2 rings (SSSR count). The summed E-state index contributed by atoms with van der Waals surface area (Å²) >= 11 is 3.42. The van der Waals surface area contributed by atoms with Crippen molar-refractivity contribution in [3.63, 3.8) is 0 Å². The molecular weight excluding hydrogens is 336 g/mol. The molecule has 1 amide bonds. The van der Waals surface area contributed by atoms with Gasteiger partial charge in [-0.15, -0.1) is 0 Å². The lowest BCUT2D eigenvalue weighted by molar-refractivity contribution is -0.124. The van der Waals surface area contributed by atoms with E-state index in [4.69, 9.17) is 15.2 Å². The van der Waals surface area contributed by atoms with Crippen LogP contribution in [0.3, 0.4) is 0 Å². The second-order valence-electron chi connectivity index (χ2n) is 5.56. The Kier molecular flexibility index (Phi) is 5.24. The van der Waals surface area contributed by atoms with E-state index in [-0.39, 0.29) is 12.0 Å². The van der Waals surface area contributed by atoms with E-state index in [9.17, 15) is 4.79 Å². The predicted molar refractivity (Wildman–Crippen MR) is 85.5 cm³/mol. The first kappa shape index (κ1) is 16.3. The van der Waals surface area contributed by atoms with Crippen molar-refractivity contribution in [3.05, 3.63) is 22.7 Å². The first-order valence-corrected chi connectivity index (χ1v) is 7.84. The molecule has 1 fully saturated rings. The number of halogens is 1. The average Bonchev–Trinajstić information content (AvgIpc) is 2.37. The zero-order valence-corrected chi connectivity index (χ0v) is 13.9. The molecule has 0 spiro atoms. The Labute approximate surface area is 133 Å². The number of hydrogen-bond acceptors (Lipinski definition) is 4. The van der Waals surface area contributed by atoms with Gasteiger partial charge in [-0.3, -0.25) is 4.79 Å². The molecule has 1 aromatic rings. The fourth-order valence-corrected chi connectivity index (χ4v) is 2.67. The van der Waals surface area contributed by atoms with Crippen LogP contribution in [-0.2, 0) is 9.53 Å². The fourth-order valence-electron chi connectivity index (χ4n) is 2.19. The van der Waals surface area contributed by atoms with Gasteiger partial charge in [-0.25, -0.2) is 0 Å². The Morgan fingerprint density at radius 1 is 1.38 bits per heavy atom. The van der Waals surface area contributed by atoms with Crippen LogP contribution in [0.2, 0.25) is 0 Å². The van der Waals surface area contributed by atoms with Gasteiger partial charge in [-0.05, 0) is 38.8 Å². The maximum Gasteiger partial charge on any atom is 0.244 e. The summed E-state index contributed by atoms with van der Waals surface area (Å²) < 4.78 is 11.8. The number of carbonyl (C=O) groups excluding carboxylic acids is 1. The van der Waals surface area contributed by atoms with E-state index in [0.717, 1.165) is 4.47 Å². The lowest BCUT2D eigenvalue weighted by atomic mass is 9.90. The van der Waals surface area contributed by atoms with Crippen LogP contribution in [-0.4, -0.2) is 30.8 Å². The van der Waals surface area contributed by atoms with Gasteiger partial charge in [0, 0.05) is 29.4 Å². The van der Waals surface area contributed by atoms with Gasteiger partial charge in [0.05, 0.1) is 6.10 Å². The van der Waals surface area contributed by atoms with Crippen molar-refractivity contribution in [1.82, 2.24) is 0 Å². The largest absolute Gasteiger partial charge is 0.491 e. The van der Waals surface area contributed by atoms with Crippen LogP contribution in [0.15, 0.2) is 22.7 Å². The van der Waals surface area contributed by atoms with Crippen LogP contribution in [0, 0.1) is 0 Å². The molecule has 21 heavy (non-hydrogen) atoms. The van der Waals surface area contributed by atoms with E-state index >= 15 is 0 Å². The van der Waals surface area contributed by atoms with Gasteiger partial charge in [-0.2, -0.15) is 0 Å². The van der Waals surface area contributed by atoms with Crippen molar-refractivity contribution in [2.75, 3.05) is 18.5 Å². The molecule has 6 heteroatoms. The van der Waals surface area contributed by atoms with Gasteiger partial charge in [0.15, 0.2) is 0 Å². The minimum absolute atomic E-state index is 0.0687. The third kappa shape index (κ3) is 4.43. The number of anilines is 1. The lowest BCUT2D eigenvalue weighted by Gasteiger charge is -2.31. The Hall–Kier alpha value is -1.11. The molecule has 0 radical (unpaired) electrons. The Bertz CT molecular complexity index is 514. The molecular formula is C15H21BrN2O3. The topological polar surface area (TPSA) is 73.6 Å². The molecule has 1 aliphatic rings. The molecule has 3 N–H and O–H groups in total. The van der Waals surface area contributed by atoms with Gasteiger partial charge < -0.3 is 20.5 Å². The van der Waals surface area contributed by atoms with Crippen molar-refractivity contribution in [2.45, 2.75) is 38.3 Å². The van der Waals surface area contributed by atoms with Crippen LogP contribution < -0.4 is 15.8 Å². The molecule has 5 nitrogen and oxygen atoms in total. The highest BCUT2D eigenvalue weighted by atomic mass is 79.9. The summed E-state index contributed by atoms with van der Waals surface area (Å²) in [6.45, 7) is 4.94. The summed E-state index contributed by atoms with van der Waals surface area (Å²) in [5, 5.41) is 2.88. The third-order valence-corrected chi connectivity index (χ3v) is 3.80. The van der Waals surface area contributed by atoms with Gasteiger partial charge >= 0.3 is 0 Å². The SMILES string of the molecule is CC(C)Oc1cc(Br)cc(NC(=O)C2(N)CCOCC2)c1. The van der Waals surface area contributed by atoms with E-state index in [1.54, 1.807) is 6.07 Å². The van der Waals surface area contributed by atoms with E-state index in [2.05, 4.69) is 21.2 Å². The summed E-state index contributed by atoms with van der Waals surface area (Å²) in [5.74, 6) is 0.520. The highest BCUT2D eigenvalue weighted by molar-refractivity contribution is 9.10. The molecule has 0 unspecified atom stereocenters. The number of ether oxygens (including phenoxy) is 2. The summed E-state index contributed by atoms with van der Waals surface area (Å²) in [4.78, 5) is 12.4. The highest BCUT2D eigenvalue weighted by Gasteiger charge is 2.35. The summed E-state index contributed by atoms with van der Waals surface area (Å²) in [6.07, 6.45) is 1.13. The molecule has 1 heterocycles. The minimum atomic E-state index is -0.861. The maximum absolute atomic E-state index is 12.4. The zero-order chi connectivity index (χ0) is 15.5. The molecule has 0 atom stereocenters. The predicted octanol–water partition coefficient (Wildman–Crippen LogP) is 2.68. The first-order chi connectivity index (χ1) is 9.89. The average molecular weight is 357 g/mol. The zero-order valence-electron chi connectivity index (χ0n) is 12.3. The molecule has 116 valence electrons. The van der Waals surface area contributed by atoms with Crippen LogP contribution in [0.4, 0.5) is 5.69 Å². The minimum Gasteiger partial charge on any atom is -0.491 e. The van der Waals surface area contributed by atoms with Crippen molar-refractivity contribution >= 4 is 27.5 Å². The molecule has 0 bridgehead atoms. The van der Waals surface area contributed by atoms with Crippen molar-refractivity contribution in [1.29, 1.82) is 0 Å². The Morgan fingerprint density at radius 3 is 2.67 bits per heavy atom. The fraction of sp³-hybridized carbons (Fsp3) is 0.533. The number of rotatable bonds is 4. The molecule has 1 aliphatic heterocycles. The van der Waals surface area contributed by atoms with Crippen molar-refractivity contribution in [3.8, 4) is 5.75 Å². The van der Waals surface area contributed by atoms with Gasteiger partial charge in [-0.1, -0.05) is 15.9 Å². The third-order valence-electron chi connectivity index (χ3n) is 3.34. The summed E-state index contributed by atoms with van der Waals surface area (Å²) in [5.41, 5.74) is 5.98. The van der Waals surface area contributed by atoms with Crippen molar-refractivity contribution in [2.24, 2.45) is 5.73 Å². The molecule has 0 aliphatic carbocycles. The van der Waals surface area contributed by atoms with Crippen molar-refractivity contribution < 1.29 is 14.3 Å². The second-order valence-corrected chi connectivity index (χ2v) is 6.48. The Balaban J connectivity index is 2.11. The van der Waals surface area contributed by atoms with E-state index in [1.165, 1.54) is 0 Å². The monoisotopic (exact) mass is 356 g/mol. The van der Waals surface area contributed by atoms with Crippen LogP contribution in [0.1, 0.15) is 26.7 Å².